The van der Waals surface area contributed by atoms with Gasteiger partial charge in [0.05, 0.1) is 5.54 Å². The third kappa shape index (κ3) is 4.39. The first-order valence-electron chi connectivity index (χ1n) is 6.76. The van der Waals surface area contributed by atoms with Gasteiger partial charge < -0.3 is 13.3 Å². The van der Waals surface area contributed by atoms with Gasteiger partial charge in [0.15, 0.2) is 0 Å². The molecule has 0 saturated heterocycles. The summed E-state index contributed by atoms with van der Waals surface area (Å²) in [5, 5.41) is 0. The number of hydrogen-bond acceptors (Lipinski definition) is 3. The van der Waals surface area contributed by atoms with Crippen LogP contribution in [0.15, 0.2) is 28.7 Å². The summed E-state index contributed by atoms with van der Waals surface area (Å²) in [6, 6.07) is 8.25. The summed E-state index contributed by atoms with van der Waals surface area (Å²) in [7, 11) is -2.67. The maximum atomic E-state index is 5.94. The van der Waals surface area contributed by atoms with Crippen molar-refractivity contribution in [2.24, 2.45) is 0 Å². The van der Waals surface area contributed by atoms with Crippen molar-refractivity contribution in [1.82, 2.24) is 0 Å². The summed E-state index contributed by atoms with van der Waals surface area (Å²) >= 11 is 3.45. The molecule has 19 heavy (non-hydrogen) atoms. The summed E-state index contributed by atoms with van der Waals surface area (Å²) in [6.07, 6.45) is 0. The van der Waals surface area contributed by atoms with E-state index in [1.165, 1.54) is 5.56 Å². The zero-order valence-corrected chi connectivity index (χ0v) is 14.7. The molecule has 1 rings (SSSR count). The van der Waals surface area contributed by atoms with Gasteiger partial charge in [-0.2, -0.15) is 0 Å². The van der Waals surface area contributed by atoms with Crippen molar-refractivity contribution in [3.63, 3.8) is 0 Å². The molecule has 1 aromatic rings. The van der Waals surface area contributed by atoms with Gasteiger partial charge in [-0.3, -0.25) is 0 Å². The highest BCUT2D eigenvalue weighted by molar-refractivity contribution is 9.10. The average molecular weight is 347 g/mol. The fraction of sp³-hybridized carbons (Fsp3) is 0.571. The molecule has 0 aliphatic heterocycles. The molecule has 0 aromatic heterocycles. The molecule has 3 nitrogen and oxygen atoms in total. The Labute approximate surface area is 125 Å². The molecule has 0 N–H and O–H groups in total. The predicted molar refractivity (Wildman–Crippen MR) is 83.2 cm³/mol. The van der Waals surface area contributed by atoms with Gasteiger partial charge in [0, 0.05) is 24.3 Å². The summed E-state index contributed by atoms with van der Waals surface area (Å²) in [5.41, 5.74) is 1.31. The minimum atomic E-state index is -2.67. The van der Waals surface area contributed by atoms with Crippen molar-refractivity contribution >= 4 is 24.7 Å². The van der Waals surface area contributed by atoms with Crippen LogP contribution in [0.1, 0.15) is 38.8 Å². The van der Waals surface area contributed by atoms with E-state index in [-0.39, 0.29) is 5.54 Å². The van der Waals surface area contributed by atoms with Gasteiger partial charge in [-0.25, -0.2) is 0 Å². The number of hydrogen-bond donors (Lipinski definition) is 0. The number of halogens is 1. The van der Waals surface area contributed by atoms with Crippen molar-refractivity contribution in [3.8, 4) is 0 Å². The Hall–Kier alpha value is -0.203. The van der Waals surface area contributed by atoms with E-state index >= 15 is 0 Å². The van der Waals surface area contributed by atoms with Gasteiger partial charge >= 0.3 is 8.80 Å². The molecular weight excluding hydrogens is 324 g/mol. The van der Waals surface area contributed by atoms with Crippen molar-refractivity contribution < 1.29 is 13.3 Å². The van der Waals surface area contributed by atoms with Gasteiger partial charge in [0.1, 0.15) is 0 Å². The molecule has 1 aromatic carbocycles. The first kappa shape index (κ1) is 16.9. The predicted octanol–water partition coefficient (Wildman–Crippen LogP) is 4.14. The van der Waals surface area contributed by atoms with E-state index in [2.05, 4.69) is 35.0 Å². The fourth-order valence-electron chi connectivity index (χ4n) is 2.06. The topological polar surface area (TPSA) is 27.7 Å². The largest absolute Gasteiger partial charge is 0.508 e. The van der Waals surface area contributed by atoms with Crippen molar-refractivity contribution in [3.05, 3.63) is 34.3 Å². The van der Waals surface area contributed by atoms with Gasteiger partial charge in [0.2, 0.25) is 0 Å². The van der Waals surface area contributed by atoms with Gasteiger partial charge in [-0.05, 0) is 38.5 Å². The monoisotopic (exact) mass is 346 g/mol. The Kier molecular flexibility index (Phi) is 7.24. The van der Waals surface area contributed by atoms with Crippen LogP contribution in [-0.4, -0.2) is 28.6 Å². The molecule has 108 valence electrons. The van der Waals surface area contributed by atoms with E-state index in [4.69, 9.17) is 13.3 Å². The van der Waals surface area contributed by atoms with Crippen LogP contribution in [0.2, 0.25) is 0 Å². The van der Waals surface area contributed by atoms with Crippen LogP contribution in [-0.2, 0) is 13.3 Å². The molecule has 0 heterocycles. The van der Waals surface area contributed by atoms with Crippen molar-refractivity contribution in [2.75, 3.05) is 19.8 Å². The van der Waals surface area contributed by atoms with Crippen molar-refractivity contribution in [1.29, 1.82) is 0 Å². The van der Waals surface area contributed by atoms with E-state index in [9.17, 15) is 0 Å². The van der Waals surface area contributed by atoms with Crippen LogP contribution in [0.5, 0.6) is 0 Å². The van der Waals surface area contributed by atoms with Crippen LogP contribution in [0.3, 0.4) is 0 Å². The zero-order chi connectivity index (χ0) is 14.3. The second kappa shape index (κ2) is 8.17. The minimum Gasteiger partial charge on any atom is -0.373 e. The molecule has 0 spiro atoms. The summed E-state index contributed by atoms with van der Waals surface area (Å²) in [4.78, 5) is 0. The van der Waals surface area contributed by atoms with Crippen LogP contribution >= 0.6 is 15.9 Å². The number of benzene rings is 1. The molecule has 0 fully saturated rings. The highest BCUT2D eigenvalue weighted by Gasteiger charge is 2.47. The molecule has 0 saturated carbocycles. The Morgan fingerprint density at radius 2 is 1.37 bits per heavy atom. The maximum Gasteiger partial charge on any atom is 0.508 e. The van der Waals surface area contributed by atoms with E-state index in [1.54, 1.807) is 0 Å². The lowest BCUT2D eigenvalue weighted by atomic mass is 10.2. The second-order valence-corrected chi connectivity index (χ2v) is 8.03. The molecule has 0 bridgehead atoms. The van der Waals surface area contributed by atoms with Gasteiger partial charge in [0.25, 0.3) is 0 Å². The van der Waals surface area contributed by atoms with Gasteiger partial charge in [-0.15, -0.1) is 0 Å². The van der Waals surface area contributed by atoms with E-state index in [0.29, 0.717) is 19.8 Å². The third-order valence-electron chi connectivity index (χ3n) is 2.94. The second-order valence-electron chi connectivity index (χ2n) is 4.18. The smallest absolute Gasteiger partial charge is 0.373 e. The first-order valence-corrected chi connectivity index (χ1v) is 9.36. The van der Waals surface area contributed by atoms with Gasteiger partial charge in [-0.1, -0.05) is 35.0 Å². The lowest BCUT2D eigenvalue weighted by Gasteiger charge is -2.33. The molecule has 0 radical (unpaired) electrons. The van der Waals surface area contributed by atoms with Crippen LogP contribution in [0.25, 0.3) is 0 Å². The Morgan fingerprint density at radius 3 is 1.74 bits per heavy atom. The SMILES string of the molecule is CCO[Si](OCC)(OCC)C(C)c1ccc(Br)cc1. The molecule has 0 amide bonds. The molecule has 1 atom stereocenters. The van der Waals surface area contributed by atoms with E-state index in [1.807, 2.05) is 32.9 Å². The molecule has 1 unspecified atom stereocenters. The molecular formula is C14H23BrO3Si. The zero-order valence-electron chi connectivity index (χ0n) is 12.1. The highest BCUT2D eigenvalue weighted by atomic mass is 79.9. The summed E-state index contributed by atoms with van der Waals surface area (Å²) in [5.74, 6) is 0. The minimum absolute atomic E-state index is 0.125. The number of rotatable bonds is 8. The lowest BCUT2D eigenvalue weighted by Crippen LogP contribution is -2.51. The van der Waals surface area contributed by atoms with Crippen LogP contribution in [0, 0.1) is 0 Å². The lowest BCUT2D eigenvalue weighted by molar-refractivity contribution is 0.0633. The third-order valence-corrected chi connectivity index (χ3v) is 6.93. The molecule has 0 aliphatic carbocycles. The van der Waals surface area contributed by atoms with E-state index < -0.39 is 8.80 Å². The Morgan fingerprint density at radius 1 is 0.947 bits per heavy atom. The first-order chi connectivity index (χ1) is 9.09. The molecule has 5 heteroatoms. The normalized spacial score (nSPS) is 13.5. The van der Waals surface area contributed by atoms with Crippen LogP contribution in [0.4, 0.5) is 0 Å². The summed E-state index contributed by atoms with van der Waals surface area (Å²) in [6.45, 7) is 9.87. The maximum absolute atomic E-state index is 5.94. The Bertz CT molecular complexity index is 352. The van der Waals surface area contributed by atoms with E-state index in [0.717, 1.165) is 4.47 Å². The standard InChI is InChI=1S/C14H23BrO3Si/c1-5-16-19(17-6-2,18-7-3)12(4)13-8-10-14(15)11-9-13/h8-12H,5-7H2,1-4H3. The Balaban J connectivity index is 3.03. The summed E-state index contributed by atoms with van der Waals surface area (Å²) < 4.78 is 18.9. The highest BCUT2D eigenvalue weighted by Crippen LogP contribution is 2.30. The fourth-order valence-corrected chi connectivity index (χ4v) is 5.13. The van der Waals surface area contributed by atoms with Crippen molar-refractivity contribution in [2.45, 2.75) is 33.2 Å². The average Bonchev–Trinajstić information content (AvgIpc) is 2.39. The molecule has 0 aliphatic rings. The quantitative estimate of drug-likeness (QED) is 0.662. The van der Waals surface area contributed by atoms with Crippen LogP contribution < -0.4 is 0 Å².